The van der Waals surface area contributed by atoms with E-state index in [1.807, 2.05) is 30.3 Å². The minimum absolute atomic E-state index is 0.00511. The number of rotatable bonds is 9. The lowest BCUT2D eigenvalue weighted by Crippen LogP contribution is -2.32. The summed E-state index contributed by atoms with van der Waals surface area (Å²) in [5, 5.41) is 11.2. The summed E-state index contributed by atoms with van der Waals surface area (Å²) < 4.78 is 32.3. The molecule has 8 nitrogen and oxygen atoms in total. The third-order valence-corrected chi connectivity index (χ3v) is 5.64. The van der Waals surface area contributed by atoms with Gasteiger partial charge in [-0.3, -0.25) is 10.1 Å². The van der Waals surface area contributed by atoms with Crippen LogP contribution in [0.3, 0.4) is 0 Å². The molecular weight excluding hydrogens is 358 g/mol. The molecule has 0 heterocycles. The number of sulfonamides is 1. The van der Waals surface area contributed by atoms with Crippen molar-refractivity contribution in [3.8, 4) is 5.75 Å². The predicted octanol–water partition coefficient (Wildman–Crippen LogP) is 2.14. The highest BCUT2D eigenvalue weighted by atomic mass is 32.2. The number of nitrogens with two attached hydrogens (primary N) is 1. The quantitative estimate of drug-likeness (QED) is 0.527. The molecule has 0 aliphatic carbocycles. The summed E-state index contributed by atoms with van der Waals surface area (Å²) in [5.41, 5.74) is 5.95. The van der Waals surface area contributed by atoms with Crippen LogP contribution in [0.15, 0.2) is 53.4 Å². The van der Waals surface area contributed by atoms with Gasteiger partial charge in [-0.15, -0.1) is 0 Å². The zero-order valence-electron chi connectivity index (χ0n) is 14.4. The summed E-state index contributed by atoms with van der Waals surface area (Å²) in [7, 11) is -2.64. The molecule has 26 heavy (non-hydrogen) atoms. The Morgan fingerprint density at radius 1 is 1.19 bits per heavy atom. The van der Waals surface area contributed by atoms with E-state index in [9.17, 15) is 18.5 Å². The van der Waals surface area contributed by atoms with Gasteiger partial charge in [0.05, 0.1) is 16.9 Å². The lowest BCUT2D eigenvalue weighted by molar-refractivity contribution is -0.386. The first-order chi connectivity index (χ1) is 12.4. The Kier molecular flexibility index (Phi) is 6.67. The Labute approximate surface area is 152 Å². The zero-order valence-corrected chi connectivity index (χ0v) is 15.2. The van der Waals surface area contributed by atoms with Crippen molar-refractivity contribution in [2.24, 2.45) is 5.73 Å². The van der Waals surface area contributed by atoms with Crippen LogP contribution in [0.25, 0.3) is 0 Å². The average molecular weight is 379 g/mol. The highest BCUT2D eigenvalue weighted by molar-refractivity contribution is 7.89. The van der Waals surface area contributed by atoms with Crippen molar-refractivity contribution in [3.05, 3.63) is 64.2 Å². The molecule has 0 unspecified atom stereocenters. The summed E-state index contributed by atoms with van der Waals surface area (Å²) in [6, 6.07) is 12.7. The molecule has 2 aromatic carbocycles. The Balaban J connectivity index is 2.42. The Bertz CT molecular complexity index is 856. The van der Waals surface area contributed by atoms with Gasteiger partial charge in [0.1, 0.15) is 0 Å². The van der Waals surface area contributed by atoms with Crippen molar-refractivity contribution in [1.82, 2.24) is 4.31 Å². The fourth-order valence-corrected chi connectivity index (χ4v) is 3.95. The monoisotopic (exact) mass is 379 g/mol. The third kappa shape index (κ3) is 4.57. The SMILES string of the molecule is COc1ccc(S(=O)(=O)N(CCCN)Cc2ccccc2)cc1[N+](=O)[O-]. The molecule has 0 spiro atoms. The van der Waals surface area contributed by atoms with Crippen LogP contribution in [0.1, 0.15) is 12.0 Å². The average Bonchev–Trinajstić information content (AvgIpc) is 2.65. The number of nitro groups is 1. The van der Waals surface area contributed by atoms with E-state index in [4.69, 9.17) is 10.5 Å². The van der Waals surface area contributed by atoms with Crippen LogP contribution in [0, 0.1) is 10.1 Å². The summed E-state index contributed by atoms with van der Waals surface area (Å²) in [5.74, 6) is 0.00511. The second-order valence-corrected chi connectivity index (χ2v) is 7.50. The first kappa shape index (κ1) is 19.8. The van der Waals surface area contributed by atoms with Crippen molar-refractivity contribution in [1.29, 1.82) is 0 Å². The lowest BCUT2D eigenvalue weighted by Gasteiger charge is -2.22. The van der Waals surface area contributed by atoms with E-state index in [-0.39, 0.29) is 23.7 Å². The van der Waals surface area contributed by atoms with E-state index in [0.29, 0.717) is 13.0 Å². The topological polar surface area (TPSA) is 116 Å². The van der Waals surface area contributed by atoms with Crippen LogP contribution < -0.4 is 10.5 Å². The summed E-state index contributed by atoms with van der Waals surface area (Å²) in [4.78, 5) is 10.4. The molecule has 0 atom stereocenters. The molecule has 2 N–H and O–H groups in total. The van der Waals surface area contributed by atoms with Gasteiger partial charge in [0.25, 0.3) is 0 Å². The van der Waals surface area contributed by atoms with E-state index in [0.717, 1.165) is 11.6 Å². The number of nitrogens with zero attached hydrogens (tertiary/aromatic N) is 2. The standard InChI is InChI=1S/C17H21N3O5S/c1-25-17-9-8-15(12-16(17)20(21)22)26(23,24)19(11-5-10-18)13-14-6-3-2-4-7-14/h2-4,6-9,12H,5,10-11,13,18H2,1H3. The molecule has 2 aromatic rings. The maximum absolute atomic E-state index is 13.0. The largest absolute Gasteiger partial charge is 0.490 e. The number of ether oxygens (including phenoxy) is 1. The number of methoxy groups -OCH3 is 1. The molecule has 0 aliphatic heterocycles. The minimum atomic E-state index is -3.93. The minimum Gasteiger partial charge on any atom is -0.490 e. The molecular formula is C17H21N3O5S. The second kappa shape index (κ2) is 8.75. The smallest absolute Gasteiger partial charge is 0.312 e. The zero-order chi connectivity index (χ0) is 19.2. The van der Waals surface area contributed by atoms with Gasteiger partial charge in [-0.2, -0.15) is 4.31 Å². The van der Waals surface area contributed by atoms with Crippen molar-refractivity contribution in [2.45, 2.75) is 17.9 Å². The fourth-order valence-electron chi connectivity index (χ4n) is 2.46. The van der Waals surface area contributed by atoms with Gasteiger partial charge in [-0.05, 0) is 30.7 Å². The fraction of sp³-hybridized carbons (Fsp3) is 0.294. The molecule has 0 bridgehead atoms. The molecule has 2 rings (SSSR count). The second-order valence-electron chi connectivity index (χ2n) is 5.56. The van der Waals surface area contributed by atoms with Gasteiger partial charge in [0.15, 0.2) is 5.75 Å². The molecule has 0 aromatic heterocycles. The first-order valence-corrected chi connectivity index (χ1v) is 9.40. The van der Waals surface area contributed by atoms with Crippen LogP contribution in [-0.4, -0.2) is 37.8 Å². The number of hydrogen-bond acceptors (Lipinski definition) is 6. The van der Waals surface area contributed by atoms with Gasteiger partial charge in [0.2, 0.25) is 10.0 Å². The van der Waals surface area contributed by atoms with Gasteiger partial charge in [-0.1, -0.05) is 30.3 Å². The number of nitro benzene ring substituents is 1. The van der Waals surface area contributed by atoms with Crippen LogP contribution in [0.2, 0.25) is 0 Å². The van der Waals surface area contributed by atoms with Gasteiger partial charge in [0, 0.05) is 19.2 Å². The van der Waals surface area contributed by atoms with Crippen LogP contribution in [-0.2, 0) is 16.6 Å². The van der Waals surface area contributed by atoms with Gasteiger partial charge < -0.3 is 10.5 Å². The van der Waals surface area contributed by atoms with Crippen LogP contribution in [0.4, 0.5) is 5.69 Å². The molecule has 140 valence electrons. The Morgan fingerprint density at radius 2 is 1.88 bits per heavy atom. The molecule has 0 radical (unpaired) electrons. The van der Waals surface area contributed by atoms with E-state index in [1.165, 1.54) is 23.5 Å². The molecule has 0 aliphatic rings. The van der Waals surface area contributed by atoms with E-state index < -0.39 is 20.6 Å². The summed E-state index contributed by atoms with van der Waals surface area (Å²) in [6.45, 7) is 0.708. The molecule has 0 amide bonds. The first-order valence-electron chi connectivity index (χ1n) is 7.96. The van der Waals surface area contributed by atoms with Gasteiger partial charge >= 0.3 is 5.69 Å². The van der Waals surface area contributed by atoms with E-state index in [2.05, 4.69) is 0 Å². The van der Waals surface area contributed by atoms with Crippen molar-refractivity contribution < 1.29 is 18.1 Å². The van der Waals surface area contributed by atoms with E-state index in [1.54, 1.807) is 0 Å². The molecule has 0 saturated carbocycles. The third-order valence-electron chi connectivity index (χ3n) is 3.80. The highest BCUT2D eigenvalue weighted by Gasteiger charge is 2.27. The predicted molar refractivity (Wildman–Crippen MR) is 97.4 cm³/mol. The summed E-state index contributed by atoms with van der Waals surface area (Å²) >= 11 is 0. The maximum atomic E-state index is 13.0. The Hall–Kier alpha value is -2.49. The van der Waals surface area contributed by atoms with Crippen LogP contribution >= 0.6 is 0 Å². The lowest BCUT2D eigenvalue weighted by atomic mass is 10.2. The Morgan fingerprint density at radius 3 is 2.46 bits per heavy atom. The molecule has 0 saturated heterocycles. The van der Waals surface area contributed by atoms with Crippen molar-refractivity contribution in [2.75, 3.05) is 20.2 Å². The summed E-state index contributed by atoms with van der Waals surface area (Å²) in [6.07, 6.45) is 0.476. The highest BCUT2D eigenvalue weighted by Crippen LogP contribution is 2.31. The molecule has 0 fully saturated rings. The number of benzene rings is 2. The van der Waals surface area contributed by atoms with Gasteiger partial charge in [-0.25, -0.2) is 8.42 Å². The van der Waals surface area contributed by atoms with Crippen LogP contribution in [0.5, 0.6) is 5.75 Å². The maximum Gasteiger partial charge on any atom is 0.312 e. The molecule has 9 heteroatoms. The number of hydrogen-bond donors (Lipinski definition) is 1. The van der Waals surface area contributed by atoms with E-state index >= 15 is 0 Å². The van der Waals surface area contributed by atoms with Crippen molar-refractivity contribution >= 4 is 15.7 Å². The normalized spacial score (nSPS) is 11.5. The van der Waals surface area contributed by atoms with Crippen molar-refractivity contribution in [3.63, 3.8) is 0 Å².